The first-order valence-electron chi connectivity index (χ1n) is 8.30. The van der Waals surface area contributed by atoms with Gasteiger partial charge in [0.2, 0.25) is 18.0 Å². The summed E-state index contributed by atoms with van der Waals surface area (Å²) in [7, 11) is 0. The number of anilines is 1. The molecular formula is C20H14FNO6. The minimum atomic E-state index is -0.614. The van der Waals surface area contributed by atoms with Gasteiger partial charge in [0.05, 0.1) is 0 Å². The SMILES string of the molecule is O=C(Nc1ccc2c(c1)OCO2)c1cc(=O)c(OCc2ccccc2F)co1. The molecule has 8 heteroatoms. The number of hydrogen-bond acceptors (Lipinski definition) is 6. The molecule has 0 spiro atoms. The largest absolute Gasteiger partial charge is 0.482 e. The van der Waals surface area contributed by atoms with E-state index in [9.17, 15) is 14.0 Å². The second-order valence-electron chi connectivity index (χ2n) is 5.88. The van der Waals surface area contributed by atoms with Crippen molar-refractivity contribution in [1.29, 1.82) is 0 Å². The standard InChI is InChI=1S/C20H14FNO6/c21-14-4-2-1-3-12(14)9-25-19-10-26-18(8-15(19)23)20(24)22-13-5-6-16-17(7-13)28-11-27-16/h1-8,10H,9,11H2,(H,22,24). The van der Waals surface area contributed by atoms with E-state index in [1.807, 2.05) is 0 Å². The molecule has 0 saturated heterocycles. The van der Waals surface area contributed by atoms with Crippen molar-refractivity contribution in [3.63, 3.8) is 0 Å². The fraction of sp³-hybridized carbons (Fsp3) is 0.100. The van der Waals surface area contributed by atoms with E-state index in [4.69, 9.17) is 18.6 Å². The molecule has 142 valence electrons. The van der Waals surface area contributed by atoms with Gasteiger partial charge in [0, 0.05) is 23.4 Å². The van der Waals surface area contributed by atoms with Crippen LogP contribution in [0.5, 0.6) is 17.2 Å². The molecule has 2 heterocycles. The number of carbonyl (C=O) groups is 1. The maximum atomic E-state index is 13.6. The van der Waals surface area contributed by atoms with Gasteiger partial charge in [0.1, 0.15) is 18.7 Å². The van der Waals surface area contributed by atoms with Gasteiger partial charge in [-0.1, -0.05) is 18.2 Å². The summed E-state index contributed by atoms with van der Waals surface area (Å²) in [5, 5.41) is 2.60. The Balaban J connectivity index is 1.44. The first kappa shape index (κ1) is 17.6. The van der Waals surface area contributed by atoms with Crippen molar-refractivity contribution in [3.05, 3.63) is 82.2 Å². The van der Waals surface area contributed by atoms with E-state index in [-0.39, 0.29) is 24.9 Å². The zero-order valence-electron chi connectivity index (χ0n) is 14.4. The number of amides is 1. The van der Waals surface area contributed by atoms with E-state index in [0.29, 0.717) is 22.7 Å². The second kappa shape index (κ2) is 7.43. The molecule has 0 unspecified atom stereocenters. The van der Waals surface area contributed by atoms with Crippen LogP contribution >= 0.6 is 0 Å². The average Bonchev–Trinajstić information content (AvgIpc) is 3.16. The van der Waals surface area contributed by atoms with Crippen molar-refractivity contribution >= 4 is 11.6 Å². The number of benzene rings is 2. The Labute approximate surface area is 158 Å². The van der Waals surface area contributed by atoms with E-state index >= 15 is 0 Å². The van der Waals surface area contributed by atoms with Gasteiger partial charge in [0.15, 0.2) is 17.3 Å². The average molecular weight is 383 g/mol. The van der Waals surface area contributed by atoms with Crippen LogP contribution in [0.2, 0.25) is 0 Å². The van der Waals surface area contributed by atoms with Crippen LogP contribution in [-0.4, -0.2) is 12.7 Å². The molecule has 1 aromatic heterocycles. The molecule has 0 atom stereocenters. The highest BCUT2D eigenvalue weighted by atomic mass is 19.1. The van der Waals surface area contributed by atoms with Gasteiger partial charge in [0.25, 0.3) is 5.91 Å². The zero-order valence-corrected chi connectivity index (χ0v) is 14.4. The van der Waals surface area contributed by atoms with E-state index in [0.717, 1.165) is 12.3 Å². The van der Waals surface area contributed by atoms with Crippen molar-refractivity contribution in [2.75, 3.05) is 12.1 Å². The van der Waals surface area contributed by atoms with E-state index < -0.39 is 17.2 Å². The lowest BCUT2D eigenvalue weighted by molar-refractivity contribution is 0.0993. The molecule has 4 rings (SSSR count). The van der Waals surface area contributed by atoms with Crippen LogP contribution in [-0.2, 0) is 6.61 Å². The Bertz CT molecular complexity index is 1090. The van der Waals surface area contributed by atoms with Crippen LogP contribution in [0.3, 0.4) is 0 Å². The van der Waals surface area contributed by atoms with E-state index in [1.165, 1.54) is 6.07 Å². The van der Waals surface area contributed by atoms with Crippen molar-refractivity contribution in [2.24, 2.45) is 0 Å². The number of ether oxygens (including phenoxy) is 3. The molecule has 3 aromatic rings. The maximum Gasteiger partial charge on any atom is 0.291 e. The minimum Gasteiger partial charge on any atom is -0.482 e. The van der Waals surface area contributed by atoms with Gasteiger partial charge in [-0.3, -0.25) is 9.59 Å². The molecule has 0 bridgehead atoms. The Morgan fingerprint density at radius 1 is 1.11 bits per heavy atom. The highest BCUT2D eigenvalue weighted by Crippen LogP contribution is 2.34. The fourth-order valence-electron chi connectivity index (χ4n) is 2.56. The summed E-state index contributed by atoms with van der Waals surface area (Å²) in [6, 6.07) is 12.0. The molecule has 0 fully saturated rings. The van der Waals surface area contributed by atoms with Gasteiger partial charge in [-0.2, -0.15) is 0 Å². The summed E-state index contributed by atoms with van der Waals surface area (Å²) < 4.78 is 34.5. The smallest absolute Gasteiger partial charge is 0.291 e. The molecule has 0 radical (unpaired) electrons. The summed E-state index contributed by atoms with van der Waals surface area (Å²) in [6.07, 6.45) is 1.03. The molecule has 2 aromatic carbocycles. The molecule has 1 amide bonds. The highest BCUT2D eigenvalue weighted by Gasteiger charge is 2.16. The monoisotopic (exact) mass is 383 g/mol. The lowest BCUT2D eigenvalue weighted by Gasteiger charge is -2.08. The number of hydrogen-bond donors (Lipinski definition) is 1. The first-order valence-corrected chi connectivity index (χ1v) is 8.30. The molecule has 28 heavy (non-hydrogen) atoms. The van der Waals surface area contributed by atoms with Crippen LogP contribution < -0.4 is 25.0 Å². The summed E-state index contributed by atoms with van der Waals surface area (Å²) in [5.74, 6) is -0.274. The van der Waals surface area contributed by atoms with Crippen LogP contribution in [0.15, 0.2) is 64.0 Å². The van der Waals surface area contributed by atoms with Crippen LogP contribution in [0, 0.1) is 5.82 Å². The van der Waals surface area contributed by atoms with Crippen molar-refractivity contribution in [1.82, 2.24) is 0 Å². The van der Waals surface area contributed by atoms with Crippen LogP contribution in [0.4, 0.5) is 10.1 Å². The lowest BCUT2D eigenvalue weighted by atomic mass is 10.2. The van der Waals surface area contributed by atoms with Gasteiger partial charge in [-0.25, -0.2) is 4.39 Å². The highest BCUT2D eigenvalue weighted by molar-refractivity contribution is 6.02. The van der Waals surface area contributed by atoms with Gasteiger partial charge < -0.3 is 23.9 Å². The Morgan fingerprint density at radius 2 is 1.93 bits per heavy atom. The topological polar surface area (TPSA) is 87.0 Å². The molecule has 0 aliphatic carbocycles. The van der Waals surface area contributed by atoms with Crippen molar-refractivity contribution in [3.8, 4) is 17.2 Å². The van der Waals surface area contributed by atoms with Crippen LogP contribution in [0.1, 0.15) is 16.1 Å². The quantitative estimate of drug-likeness (QED) is 0.727. The molecule has 1 N–H and O–H groups in total. The molecule has 1 aliphatic heterocycles. The second-order valence-corrected chi connectivity index (χ2v) is 5.88. The Morgan fingerprint density at radius 3 is 2.75 bits per heavy atom. The molecular weight excluding hydrogens is 369 g/mol. The predicted molar refractivity (Wildman–Crippen MR) is 96.2 cm³/mol. The third kappa shape index (κ3) is 3.66. The zero-order chi connectivity index (χ0) is 19.5. The maximum absolute atomic E-state index is 13.6. The molecule has 0 saturated carbocycles. The summed E-state index contributed by atoms with van der Waals surface area (Å²) in [4.78, 5) is 24.5. The van der Waals surface area contributed by atoms with Gasteiger partial charge in [-0.05, 0) is 18.2 Å². The summed E-state index contributed by atoms with van der Waals surface area (Å²) in [5.41, 5.74) is 0.196. The normalized spacial score (nSPS) is 11.9. The Hall–Kier alpha value is -3.81. The molecule has 7 nitrogen and oxygen atoms in total. The minimum absolute atomic E-state index is 0.121. The fourth-order valence-corrected chi connectivity index (χ4v) is 2.56. The number of fused-ring (bicyclic) bond motifs is 1. The number of rotatable bonds is 5. The van der Waals surface area contributed by atoms with E-state index in [2.05, 4.69) is 5.32 Å². The van der Waals surface area contributed by atoms with Gasteiger partial charge in [-0.15, -0.1) is 0 Å². The molecule has 1 aliphatic rings. The lowest BCUT2D eigenvalue weighted by Crippen LogP contribution is -2.16. The number of carbonyl (C=O) groups excluding carboxylic acids is 1. The van der Waals surface area contributed by atoms with Crippen LogP contribution in [0.25, 0.3) is 0 Å². The van der Waals surface area contributed by atoms with Crippen molar-refractivity contribution < 1.29 is 27.8 Å². The third-order valence-corrected chi connectivity index (χ3v) is 3.99. The van der Waals surface area contributed by atoms with Crippen molar-refractivity contribution in [2.45, 2.75) is 6.61 Å². The predicted octanol–water partition coefficient (Wildman–Crippen LogP) is 3.34. The van der Waals surface area contributed by atoms with E-state index in [1.54, 1.807) is 36.4 Å². The summed E-state index contributed by atoms with van der Waals surface area (Å²) >= 11 is 0. The number of halogens is 1. The first-order chi connectivity index (χ1) is 13.6. The number of nitrogens with one attached hydrogen (secondary N) is 1. The van der Waals surface area contributed by atoms with Gasteiger partial charge >= 0.3 is 0 Å². The third-order valence-electron chi connectivity index (χ3n) is 3.99. The summed E-state index contributed by atoms with van der Waals surface area (Å²) in [6.45, 7) is -0.0177. The Kier molecular flexibility index (Phi) is 4.67.